The van der Waals surface area contributed by atoms with E-state index in [1.165, 1.54) is 50.8 Å². The van der Waals surface area contributed by atoms with Crippen LogP contribution in [0.15, 0.2) is 0 Å². The average Bonchev–Trinajstić information content (AvgIpc) is 2.71. The molecule has 96 valence electrons. The average molecular weight is 236 g/mol. The van der Waals surface area contributed by atoms with E-state index in [2.05, 4.69) is 21.7 Å². The largest absolute Gasteiger partial charge is 0.324 e. The summed E-state index contributed by atoms with van der Waals surface area (Å²) in [5.41, 5.74) is 5.70. The third kappa shape index (κ3) is 2.86. The van der Waals surface area contributed by atoms with Crippen LogP contribution in [0.1, 0.15) is 69.4 Å². The topological polar surface area (TPSA) is 56.7 Å². The first-order chi connectivity index (χ1) is 8.36. The molecule has 2 rings (SSSR count). The van der Waals surface area contributed by atoms with Crippen LogP contribution in [0.3, 0.4) is 0 Å². The zero-order chi connectivity index (χ0) is 12.1. The summed E-state index contributed by atoms with van der Waals surface area (Å²) in [6.45, 7) is 3.58. The highest BCUT2D eigenvalue weighted by Gasteiger charge is 2.20. The van der Waals surface area contributed by atoms with Crippen LogP contribution in [0.5, 0.6) is 0 Å². The molecule has 1 saturated carbocycles. The third-order valence-corrected chi connectivity index (χ3v) is 3.83. The number of aromatic nitrogens is 3. The summed E-state index contributed by atoms with van der Waals surface area (Å²) in [4.78, 5) is 0. The molecule has 0 amide bonds. The summed E-state index contributed by atoms with van der Waals surface area (Å²) < 4.78 is 2.21. The Labute approximate surface area is 104 Å². The van der Waals surface area contributed by atoms with Gasteiger partial charge in [-0.1, -0.05) is 32.1 Å². The Kier molecular flexibility index (Phi) is 4.54. The molecule has 0 atom stereocenters. The molecule has 1 aromatic rings. The number of nitrogens with zero attached hydrogens (tertiary/aromatic N) is 3. The second-order valence-corrected chi connectivity index (χ2v) is 4.96. The Morgan fingerprint density at radius 1 is 1.12 bits per heavy atom. The Bertz CT molecular complexity index is 337. The number of rotatable bonds is 3. The number of hydrogen-bond donors (Lipinski definition) is 1. The lowest BCUT2D eigenvalue weighted by Crippen LogP contribution is -2.13. The van der Waals surface area contributed by atoms with Crippen molar-refractivity contribution in [3.05, 3.63) is 11.6 Å². The van der Waals surface area contributed by atoms with Gasteiger partial charge in [0, 0.05) is 12.5 Å². The zero-order valence-corrected chi connectivity index (χ0v) is 10.9. The van der Waals surface area contributed by atoms with Crippen molar-refractivity contribution in [2.24, 2.45) is 5.73 Å². The molecule has 1 aromatic heterocycles. The van der Waals surface area contributed by atoms with Gasteiger partial charge in [0.2, 0.25) is 0 Å². The molecule has 4 nitrogen and oxygen atoms in total. The van der Waals surface area contributed by atoms with Gasteiger partial charge in [-0.3, -0.25) is 0 Å². The minimum absolute atomic E-state index is 0.494. The van der Waals surface area contributed by atoms with Crippen LogP contribution in [-0.2, 0) is 13.1 Å². The van der Waals surface area contributed by atoms with E-state index < -0.39 is 0 Å². The van der Waals surface area contributed by atoms with Crippen LogP contribution >= 0.6 is 0 Å². The van der Waals surface area contributed by atoms with Crippen molar-refractivity contribution < 1.29 is 0 Å². The molecule has 1 heterocycles. The highest BCUT2D eigenvalue weighted by Crippen LogP contribution is 2.30. The second kappa shape index (κ2) is 6.15. The summed E-state index contributed by atoms with van der Waals surface area (Å²) in [7, 11) is 0. The molecular formula is C13H24N4. The van der Waals surface area contributed by atoms with Crippen LogP contribution in [0, 0.1) is 0 Å². The minimum atomic E-state index is 0.494. The van der Waals surface area contributed by atoms with E-state index in [1.54, 1.807) is 0 Å². The first-order valence-corrected chi connectivity index (χ1v) is 6.98. The molecule has 0 unspecified atom stereocenters. The third-order valence-electron chi connectivity index (χ3n) is 3.83. The van der Waals surface area contributed by atoms with E-state index in [4.69, 9.17) is 5.73 Å². The van der Waals surface area contributed by atoms with Gasteiger partial charge in [0.25, 0.3) is 0 Å². The van der Waals surface area contributed by atoms with Gasteiger partial charge in [0.05, 0.1) is 6.54 Å². The number of nitrogens with two attached hydrogens (primary N) is 1. The summed E-state index contributed by atoms with van der Waals surface area (Å²) in [6, 6.07) is 0. The zero-order valence-electron chi connectivity index (χ0n) is 10.9. The molecule has 0 radical (unpaired) electrons. The van der Waals surface area contributed by atoms with E-state index in [9.17, 15) is 0 Å². The highest BCUT2D eigenvalue weighted by atomic mass is 15.3. The van der Waals surface area contributed by atoms with E-state index in [0.717, 1.165) is 12.4 Å². The van der Waals surface area contributed by atoms with Gasteiger partial charge in [-0.2, -0.15) is 0 Å². The van der Waals surface area contributed by atoms with Crippen LogP contribution in [-0.4, -0.2) is 14.8 Å². The summed E-state index contributed by atoms with van der Waals surface area (Å²) in [6.07, 6.45) is 9.35. The molecule has 2 N–H and O–H groups in total. The van der Waals surface area contributed by atoms with E-state index >= 15 is 0 Å². The molecule has 1 aliphatic rings. The van der Waals surface area contributed by atoms with Crippen molar-refractivity contribution in [3.63, 3.8) is 0 Å². The Balaban J connectivity index is 2.15. The minimum Gasteiger partial charge on any atom is -0.324 e. The van der Waals surface area contributed by atoms with Crippen LogP contribution in [0.2, 0.25) is 0 Å². The van der Waals surface area contributed by atoms with Crippen molar-refractivity contribution in [2.45, 2.75) is 70.9 Å². The molecule has 4 heteroatoms. The standard InChI is InChI=1S/C13H24N4/c1-2-17-12(10-14)15-16-13(17)11-8-6-4-3-5-7-9-11/h11H,2-10,14H2,1H3. The van der Waals surface area contributed by atoms with E-state index in [-0.39, 0.29) is 0 Å². The quantitative estimate of drug-likeness (QED) is 0.877. The van der Waals surface area contributed by atoms with Gasteiger partial charge in [-0.15, -0.1) is 10.2 Å². The molecule has 0 aromatic carbocycles. The predicted octanol–water partition coefficient (Wildman–Crippen LogP) is 2.58. The Hall–Kier alpha value is -0.900. The lowest BCUT2D eigenvalue weighted by molar-refractivity contribution is 0.429. The Morgan fingerprint density at radius 3 is 2.35 bits per heavy atom. The van der Waals surface area contributed by atoms with Gasteiger partial charge >= 0.3 is 0 Å². The maximum Gasteiger partial charge on any atom is 0.146 e. The van der Waals surface area contributed by atoms with Gasteiger partial charge < -0.3 is 10.3 Å². The maximum atomic E-state index is 5.70. The van der Waals surface area contributed by atoms with Crippen molar-refractivity contribution in [1.82, 2.24) is 14.8 Å². The molecule has 0 saturated heterocycles. The van der Waals surface area contributed by atoms with Crippen molar-refractivity contribution >= 4 is 0 Å². The second-order valence-electron chi connectivity index (χ2n) is 4.96. The van der Waals surface area contributed by atoms with E-state index in [1.807, 2.05) is 0 Å². The molecule has 0 aliphatic heterocycles. The fraction of sp³-hybridized carbons (Fsp3) is 0.846. The molecule has 0 bridgehead atoms. The molecule has 17 heavy (non-hydrogen) atoms. The summed E-state index contributed by atoms with van der Waals surface area (Å²) in [5, 5.41) is 8.61. The van der Waals surface area contributed by atoms with Gasteiger partial charge in [-0.05, 0) is 19.8 Å². The fourth-order valence-electron chi connectivity index (χ4n) is 2.86. The molecule has 1 fully saturated rings. The van der Waals surface area contributed by atoms with Crippen molar-refractivity contribution in [1.29, 1.82) is 0 Å². The lowest BCUT2D eigenvalue weighted by atomic mass is 9.90. The van der Waals surface area contributed by atoms with E-state index in [0.29, 0.717) is 12.5 Å². The SMILES string of the molecule is CCn1c(CN)nnc1C1CCCCCCC1. The first-order valence-electron chi connectivity index (χ1n) is 6.98. The van der Waals surface area contributed by atoms with Gasteiger partial charge in [0.15, 0.2) is 0 Å². The summed E-state index contributed by atoms with van der Waals surface area (Å²) >= 11 is 0. The molecule has 1 aliphatic carbocycles. The highest BCUT2D eigenvalue weighted by molar-refractivity contribution is 5.02. The molecule has 0 spiro atoms. The lowest BCUT2D eigenvalue weighted by Gasteiger charge is -2.19. The fourth-order valence-corrected chi connectivity index (χ4v) is 2.86. The molecular weight excluding hydrogens is 212 g/mol. The first kappa shape index (κ1) is 12.6. The monoisotopic (exact) mass is 236 g/mol. The number of hydrogen-bond acceptors (Lipinski definition) is 3. The van der Waals surface area contributed by atoms with Crippen LogP contribution in [0.25, 0.3) is 0 Å². The predicted molar refractivity (Wildman–Crippen MR) is 68.6 cm³/mol. The summed E-state index contributed by atoms with van der Waals surface area (Å²) in [5.74, 6) is 2.71. The van der Waals surface area contributed by atoms with Gasteiger partial charge in [-0.25, -0.2) is 0 Å². The van der Waals surface area contributed by atoms with Gasteiger partial charge in [0.1, 0.15) is 11.6 Å². The van der Waals surface area contributed by atoms with Crippen molar-refractivity contribution in [2.75, 3.05) is 0 Å². The van der Waals surface area contributed by atoms with Crippen LogP contribution < -0.4 is 5.73 Å². The van der Waals surface area contributed by atoms with Crippen molar-refractivity contribution in [3.8, 4) is 0 Å². The maximum absolute atomic E-state index is 5.70. The Morgan fingerprint density at radius 2 is 1.76 bits per heavy atom. The van der Waals surface area contributed by atoms with Crippen LogP contribution in [0.4, 0.5) is 0 Å². The smallest absolute Gasteiger partial charge is 0.146 e. The normalized spacial score (nSPS) is 18.9.